The predicted molar refractivity (Wildman–Crippen MR) is 61.8 cm³/mol. The number of hydrogen-bond acceptors (Lipinski definition) is 1. The van der Waals surface area contributed by atoms with E-state index in [4.69, 9.17) is 0 Å². The van der Waals surface area contributed by atoms with E-state index in [1.54, 1.807) is 12.1 Å². The zero-order valence-electron chi connectivity index (χ0n) is 9.24. The Bertz CT molecular complexity index is 442. The number of amides is 1. The van der Waals surface area contributed by atoms with Gasteiger partial charge in [-0.1, -0.05) is 12.1 Å². The van der Waals surface area contributed by atoms with Gasteiger partial charge in [0.1, 0.15) is 5.82 Å². The van der Waals surface area contributed by atoms with E-state index in [-0.39, 0.29) is 17.6 Å². The summed E-state index contributed by atoms with van der Waals surface area (Å²) in [6.07, 6.45) is 2.18. The Labute approximate surface area is 94.4 Å². The fourth-order valence-electron chi connectivity index (χ4n) is 1.96. The zero-order valence-corrected chi connectivity index (χ0v) is 9.24. The van der Waals surface area contributed by atoms with Crippen molar-refractivity contribution in [3.05, 3.63) is 42.2 Å². The maximum Gasteiger partial charge on any atom is 0.227 e. The highest BCUT2D eigenvalue weighted by atomic mass is 19.1. The molecule has 1 aliphatic heterocycles. The quantitative estimate of drug-likeness (QED) is 0.700. The third-order valence-corrected chi connectivity index (χ3v) is 2.88. The Balaban J connectivity index is 2.31. The molecular formula is C13H14FNO. The lowest BCUT2D eigenvalue weighted by molar-refractivity contribution is -0.117. The van der Waals surface area contributed by atoms with Gasteiger partial charge in [0.05, 0.1) is 5.69 Å². The van der Waals surface area contributed by atoms with E-state index in [0.29, 0.717) is 18.7 Å². The van der Waals surface area contributed by atoms with Gasteiger partial charge in [0.15, 0.2) is 0 Å². The molecule has 1 atom stereocenters. The number of anilines is 1. The molecule has 1 aliphatic rings. The highest BCUT2D eigenvalue weighted by Gasteiger charge is 2.30. The van der Waals surface area contributed by atoms with Gasteiger partial charge in [0.2, 0.25) is 5.91 Å². The number of carbonyl (C=O) groups is 1. The molecule has 0 aromatic heterocycles. The van der Waals surface area contributed by atoms with Crippen molar-refractivity contribution in [1.29, 1.82) is 0 Å². The lowest BCUT2D eigenvalue weighted by atomic mass is 10.1. The SMILES string of the molecule is C=CC1CC(=O)N(c2ccc(C)cc2F)C1. The van der Waals surface area contributed by atoms with Crippen molar-refractivity contribution < 1.29 is 9.18 Å². The standard InChI is InChI=1S/C13H14FNO/c1-3-10-7-13(16)15(8-10)12-5-4-9(2)6-11(12)14/h3-6,10H,1,7-8H2,2H3. The van der Waals surface area contributed by atoms with Crippen LogP contribution in [0.3, 0.4) is 0 Å². The molecule has 2 rings (SSSR count). The molecule has 0 N–H and O–H groups in total. The first-order valence-electron chi connectivity index (χ1n) is 5.31. The summed E-state index contributed by atoms with van der Waals surface area (Å²) >= 11 is 0. The molecule has 1 aromatic rings. The van der Waals surface area contributed by atoms with Gasteiger partial charge in [-0.05, 0) is 24.6 Å². The number of hydrogen-bond donors (Lipinski definition) is 0. The Morgan fingerprint density at radius 1 is 1.56 bits per heavy atom. The number of benzene rings is 1. The Kier molecular flexibility index (Phi) is 2.77. The molecule has 84 valence electrons. The highest BCUT2D eigenvalue weighted by Crippen LogP contribution is 2.28. The second kappa shape index (κ2) is 4.08. The molecule has 1 saturated heterocycles. The molecule has 0 bridgehead atoms. The largest absolute Gasteiger partial charge is 0.309 e. The van der Waals surface area contributed by atoms with E-state index in [0.717, 1.165) is 5.56 Å². The predicted octanol–water partition coefficient (Wildman–Crippen LogP) is 2.67. The van der Waals surface area contributed by atoms with E-state index in [9.17, 15) is 9.18 Å². The van der Waals surface area contributed by atoms with Gasteiger partial charge in [-0.25, -0.2) is 4.39 Å². The van der Waals surface area contributed by atoms with Gasteiger partial charge in [0, 0.05) is 18.9 Å². The molecule has 0 radical (unpaired) electrons. The maximum atomic E-state index is 13.7. The van der Waals surface area contributed by atoms with Crippen LogP contribution in [0.1, 0.15) is 12.0 Å². The minimum absolute atomic E-state index is 0.0346. The molecule has 2 nitrogen and oxygen atoms in total. The number of aryl methyl sites for hydroxylation is 1. The van der Waals surface area contributed by atoms with Crippen LogP contribution < -0.4 is 4.90 Å². The van der Waals surface area contributed by atoms with Gasteiger partial charge in [-0.15, -0.1) is 6.58 Å². The minimum Gasteiger partial charge on any atom is -0.309 e. The first-order valence-corrected chi connectivity index (χ1v) is 5.31. The number of rotatable bonds is 2. The monoisotopic (exact) mass is 219 g/mol. The summed E-state index contributed by atoms with van der Waals surface area (Å²) in [5, 5.41) is 0. The molecule has 0 aliphatic carbocycles. The third-order valence-electron chi connectivity index (χ3n) is 2.88. The van der Waals surface area contributed by atoms with Crippen LogP contribution in [0.2, 0.25) is 0 Å². The lowest BCUT2D eigenvalue weighted by Gasteiger charge is -2.17. The van der Waals surface area contributed by atoms with Crippen molar-refractivity contribution in [2.45, 2.75) is 13.3 Å². The fraction of sp³-hybridized carbons (Fsp3) is 0.308. The van der Waals surface area contributed by atoms with E-state index in [1.165, 1.54) is 11.0 Å². The Morgan fingerprint density at radius 3 is 2.88 bits per heavy atom. The summed E-state index contributed by atoms with van der Waals surface area (Å²) in [5.74, 6) is -0.237. The van der Waals surface area contributed by atoms with Crippen LogP contribution in [0.4, 0.5) is 10.1 Å². The normalized spacial score (nSPS) is 20.2. The molecule has 1 aromatic carbocycles. The molecular weight excluding hydrogens is 205 g/mol. The van der Waals surface area contributed by atoms with Gasteiger partial charge in [-0.2, -0.15) is 0 Å². The van der Waals surface area contributed by atoms with E-state index >= 15 is 0 Å². The lowest BCUT2D eigenvalue weighted by Crippen LogP contribution is -2.25. The number of halogens is 1. The summed E-state index contributed by atoms with van der Waals surface area (Å²) in [5.41, 5.74) is 1.23. The summed E-state index contributed by atoms with van der Waals surface area (Å²) in [6, 6.07) is 4.92. The smallest absolute Gasteiger partial charge is 0.227 e. The second-order valence-corrected chi connectivity index (χ2v) is 4.16. The molecule has 3 heteroatoms. The summed E-state index contributed by atoms with van der Waals surface area (Å²) in [4.78, 5) is 13.2. The van der Waals surface area contributed by atoms with Crippen molar-refractivity contribution in [3.63, 3.8) is 0 Å². The number of carbonyl (C=O) groups excluding carboxylic acids is 1. The maximum absolute atomic E-state index is 13.7. The van der Waals surface area contributed by atoms with Gasteiger partial charge in [0.25, 0.3) is 0 Å². The van der Waals surface area contributed by atoms with Crippen LogP contribution in [-0.4, -0.2) is 12.5 Å². The van der Waals surface area contributed by atoms with Crippen LogP contribution in [0.5, 0.6) is 0 Å². The van der Waals surface area contributed by atoms with Crippen LogP contribution in [0.15, 0.2) is 30.9 Å². The van der Waals surface area contributed by atoms with Gasteiger partial charge >= 0.3 is 0 Å². The van der Waals surface area contributed by atoms with Crippen LogP contribution in [-0.2, 0) is 4.79 Å². The summed E-state index contributed by atoms with van der Waals surface area (Å²) in [7, 11) is 0. The van der Waals surface area contributed by atoms with E-state index < -0.39 is 0 Å². The molecule has 0 spiro atoms. The average Bonchev–Trinajstić information content (AvgIpc) is 2.60. The van der Waals surface area contributed by atoms with E-state index in [2.05, 4.69) is 6.58 Å². The van der Waals surface area contributed by atoms with Crippen LogP contribution >= 0.6 is 0 Å². The molecule has 0 saturated carbocycles. The first-order chi connectivity index (χ1) is 7.61. The molecule has 1 heterocycles. The van der Waals surface area contributed by atoms with Crippen molar-refractivity contribution in [1.82, 2.24) is 0 Å². The minimum atomic E-state index is -0.335. The molecule has 16 heavy (non-hydrogen) atoms. The first kappa shape index (κ1) is 10.9. The third kappa shape index (κ3) is 1.85. The second-order valence-electron chi connectivity index (χ2n) is 4.16. The molecule has 1 amide bonds. The van der Waals surface area contributed by atoms with Crippen molar-refractivity contribution >= 4 is 11.6 Å². The van der Waals surface area contributed by atoms with Gasteiger partial charge < -0.3 is 4.90 Å². The summed E-state index contributed by atoms with van der Waals surface area (Å²) in [6.45, 7) is 6.02. The Morgan fingerprint density at radius 2 is 2.31 bits per heavy atom. The highest BCUT2D eigenvalue weighted by molar-refractivity contribution is 5.96. The van der Waals surface area contributed by atoms with Crippen molar-refractivity contribution in [2.24, 2.45) is 5.92 Å². The summed E-state index contributed by atoms with van der Waals surface area (Å²) < 4.78 is 13.7. The van der Waals surface area contributed by atoms with Crippen LogP contribution in [0.25, 0.3) is 0 Å². The molecule has 1 unspecified atom stereocenters. The van der Waals surface area contributed by atoms with Crippen molar-refractivity contribution in [2.75, 3.05) is 11.4 Å². The van der Waals surface area contributed by atoms with E-state index in [1.807, 2.05) is 13.0 Å². The average molecular weight is 219 g/mol. The molecule has 1 fully saturated rings. The van der Waals surface area contributed by atoms with Crippen molar-refractivity contribution in [3.8, 4) is 0 Å². The Hall–Kier alpha value is -1.64. The topological polar surface area (TPSA) is 20.3 Å². The number of nitrogens with zero attached hydrogens (tertiary/aromatic N) is 1. The fourth-order valence-corrected chi connectivity index (χ4v) is 1.96. The van der Waals surface area contributed by atoms with Gasteiger partial charge in [-0.3, -0.25) is 4.79 Å². The zero-order chi connectivity index (χ0) is 11.7. The van der Waals surface area contributed by atoms with Crippen LogP contribution in [0, 0.1) is 18.7 Å².